The number of rotatable bonds is 29. The molecule has 2 aliphatic heterocycles. The molecule has 0 saturated carbocycles. The number of unbranched alkanes of at least 4 members (excludes halogenated alkanes) is 5. The van der Waals surface area contributed by atoms with E-state index in [4.69, 9.17) is 15.9 Å². The zero-order chi connectivity index (χ0) is 41.6. The van der Waals surface area contributed by atoms with Gasteiger partial charge in [0.2, 0.25) is 35.4 Å². The van der Waals surface area contributed by atoms with E-state index in [1.807, 2.05) is 11.8 Å². The van der Waals surface area contributed by atoms with Crippen molar-refractivity contribution in [2.45, 2.75) is 146 Å². The molecule has 2 fully saturated rings. The highest BCUT2D eigenvalue weighted by atomic mass is 32.2. The lowest BCUT2D eigenvalue weighted by Crippen LogP contribution is -2.58. The van der Waals surface area contributed by atoms with E-state index in [0.717, 1.165) is 37.9 Å². The molecule has 0 aliphatic carbocycles. The van der Waals surface area contributed by atoms with Crippen LogP contribution < -0.4 is 43.0 Å². The lowest BCUT2D eigenvalue weighted by Gasteiger charge is -2.26. The summed E-state index contributed by atoms with van der Waals surface area (Å²) in [6, 6.07) is -3.76. The van der Waals surface area contributed by atoms with Gasteiger partial charge in [0.25, 0.3) is 0 Å². The number of aliphatic carboxylic acids is 2. The fraction of sp³-hybridized carbons (Fsp3) is 0.750. The number of primary amides is 1. The molecular weight excluding hydrogens is 753 g/mol. The summed E-state index contributed by atoms with van der Waals surface area (Å²) in [5, 5.41) is 37.4. The number of carboxylic acid groups (broad SMARTS) is 2. The van der Waals surface area contributed by atoms with Crippen LogP contribution in [-0.4, -0.2) is 118 Å². The zero-order valence-corrected chi connectivity index (χ0v) is 33.1. The first-order chi connectivity index (χ1) is 26.6. The lowest BCUT2D eigenvalue weighted by atomic mass is 10.0. The van der Waals surface area contributed by atoms with Gasteiger partial charge in [-0.1, -0.05) is 33.1 Å². The minimum Gasteiger partial charge on any atom is -0.481 e. The molecule has 0 bridgehead atoms. The molecule has 0 aromatic carbocycles. The van der Waals surface area contributed by atoms with Crippen LogP contribution in [0.3, 0.4) is 0 Å². The first kappa shape index (κ1) is 47.5. The van der Waals surface area contributed by atoms with Gasteiger partial charge in [-0.15, -0.1) is 0 Å². The topological polar surface area (TPSA) is 304 Å². The molecule has 20 heteroatoms. The van der Waals surface area contributed by atoms with Crippen LogP contribution in [0.15, 0.2) is 0 Å². The van der Waals surface area contributed by atoms with E-state index >= 15 is 0 Å². The number of carbonyl (C=O) groups is 9. The number of nitrogens with one attached hydrogen (secondary N) is 7. The normalized spacial score (nSPS) is 18.7. The highest BCUT2D eigenvalue weighted by molar-refractivity contribution is 8.00. The molecule has 0 aromatic rings. The number of urea groups is 1. The van der Waals surface area contributed by atoms with Crippen molar-refractivity contribution >= 4 is 65.2 Å². The quantitative estimate of drug-likeness (QED) is 0.0353. The van der Waals surface area contributed by atoms with Crippen LogP contribution >= 0.6 is 11.8 Å². The van der Waals surface area contributed by atoms with E-state index in [0.29, 0.717) is 56.9 Å². The predicted molar refractivity (Wildman–Crippen MR) is 206 cm³/mol. The van der Waals surface area contributed by atoms with Crippen LogP contribution in [0, 0.1) is 5.92 Å². The Labute approximate surface area is 331 Å². The number of carbonyl (C=O) groups excluding carboxylic acids is 7. The molecule has 2 aliphatic rings. The van der Waals surface area contributed by atoms with E-state index in [1.165, 1.54) is 0 Å². The van der Waals surface area contributed by atoms with E-state index < -0.39 is 72.5 Å². The minimum atomic E-state index is -1.52. The molecule has 8 amide bonds. The minimum absolute atomic E-state index is 0.0205. The Kier molecular flexibility index (Phi) is 21.7. The third kappa shape index (κ3) is 18.8. The van der Waals surface area contributed by atoms with Crippen molar-refractivity contribution in [3.8, 4) is 0 Å². The molecule has 2 rings (SSSR count). The highest BCUT2D eigenvalue weighted by Crippen LogP contribution is 2.33. The number of thioether (sulfide) groups is 1. The van der Waals surface area contributed by atoms with Gasteiger partial charge in [-0.3, -0.25) is 38.4 Å². The van der Waals surface area contributed by atoms with Gasteiger partial charge in [0.05, 0.1) is 18.5 Å². The molecule has 316 valence electrons. The Morgan fingerprint density at radius 1 is 0.714 bits per heavy atom. The maximum absolute atomic E-state index is 13.1. The van der Waals surface area contributed by atoms with Gasteiger partial charge in [0.15, 0.2) is 0 Å². The van der Waals surface area contributed by atoms with Gasteiger partial charge in [-0.25, -0.2) is 4.79 Å². The van der Waals surface area contributed by atoms with Crippen LogP contribution in [0.25, 0.3) is 0 Å². The fourth-order valence-corrected chi connectivity index (χ4v) is 7.88. The Morgan fingerprint density at radius 3 is 1.86 bits per heavy atom. The molecule has 0 aromatic heterocycles. The van der Waals surface area contributed by atoms with Gasteiger partial charge in [-0.05, 0) is 50.9 Å². The summed E-state index contributed by atoms with van der Waals surface area (Å²) in [5.41, 5.74) is 5.19. The average Bonchev–Trinajstić information content (AvgIpc) is 3.68. The summed E-state index contributed by atoms with van der Waals surface area (Å²) >= 11 is 1.87. The Balaban J connectivity index is 1.57. The van der Waals surface area contributed by atoms with Crippen molar-refractivity contribution in [1.82, 2.24) is 37.2 Å². The second-order valence-electron chi connectivity index (χ2n) is 14.5. The van der Waals surface area contributed by atoms with Crippen molar-refractivity contribution in [1.29, 1.82) is 0 Å². The van der Waals surface area contributed by atoms with Crippen molar-refractivity contribution in [3.63, 3.8) is 0 Å². The number of nitrogens with two attached hydrogens (primary N) is 1. The molecule has 2 heterocycles. The van der Waals surface area contributed by atoms with Gasteiger partial charge < -0.3 is 53.2 Å². The predicted octanol–water partition coefficient (Wildman–Crippen LogP) is 0.000600. The number of hydrogen-bond acceptors (Lipinski definition) is 10. The molecule has 19 nitrogen and oxygen atoms in total. The molecule has 0 spiro atoms. The molecule has 2 saturated heterocycles. The van der Waals surface area contributed by atoms with Gasteiger partial charge in [-0.2, -0.15) is 11.8 Å². The number of carboxylic acids is 2. The van der Waals surface area contributed by atoms with E-state index in [-0.39, 0.29) is 42.8 Å². The van der Waals surface area contributed by atoms with E-state index in [2.05, 4.69) is 37.2 Å². The Hall–Kier alpha value is -4.62. The summed E-state index contributed by atoms with van der Waals surface area (Å²) in [6.07, 6.45) is 6.00. The molecular formula is C36H60N8O11S. The number of fused-ring (bicyclic) bond motifs is 1. The standard InChI is InChI=1S/C36H60N8O11S/c1-21(2)31(35(54)41-23(33(37)52)19-30(50)51)43-34(53)22(15-16-29(48)49)40-28(47)14-6-4-10-18-38-26(45)12-5-3-9-17-39-27(46)13-8-7-11-25-32-24(20-56-25)42-36(55)44-32/h21-25,31-32H,3-20H2,1-2H3,(H2,37,52)(H,38,45)(H,39,46)(H,40,47)(H,41,54)(H,43,53)(H,48,49)(H,50,51)(H2,42,44,55)/t22?,23?,24?,25-,31?,32?/m1/s1. The zero-order valence-electron chi connectivity index (χ0n) is 32.3. The summed E-state index contributed by atoms with van der Waals surface area (Å²) < 4.78 is 0. The van der Waals surface area contributed by atoms with Gasteiger partial charge in [0, 0.05) is 49.8 Å². The second-order valence-corrected chi connectivity index (χ2v) is 15.8. The van der Waals surface area contributed by atoms with Crippen molar-refractivity contribution in [2.75, 3.05) is 18.8 Å². The second kappa shape index (κ2) is 25.5. The maximum atomic E-state index is 13.1. The van der Waals surface area contributed by atoms with Crippen molar-refractivity contribution in [2.24, 2.45) is 11.7 Å². The third-order valence-electron chi connectivity index (χ3n) is 9.47. The highest BCUT2D eigenvalue weighted by Gasteiger charge is 2.42. The van der Waals surface area contributed by atoms with E-state index in [1.54, 1.807) is 13.8 Å². The van der Waals surface area contributed by atoms with Gasteiger partial charge in [0.1, 0.15) is 18.1 Å². The molecule has 5 unspecified atom stereocenters. The summed E-state index contributed by atoms with van der Waals surface area (Å²) in [6.45, 7) is 4.16. The number of hydrogen-bond donors (Lipinski definition) is 10. The number of amides is 8. The van der Waals surface area contributed by atoms with Crippen LogP contribution in [-0.2, 0) is 38.4 Å². The molecule has 11 N–H and O–H groups in total. The van der Waals surface area contributed by atoms with Crippen LogP contribution in [0.5, 0.6) is 0 Å². The van der Waals surface area contributed by atoms with Crippen LogP contribution in [0.4, 0.5) is 4.79 Å². The van der Waals surface area contributed by atoms with Crippen LogP contribution in [0.2, 0.25) is 0 Å². The largest absolute Gasteiger partial charge is 0.481 e. The summed E-state index contributed by atoms with van der Waals surface area (Å²) in [5.74, 6) is -5.53. The van der Waals surface area contributed by atoms with Gasteiger partial charge >= 0.3 is 18.0 Å². The van der Waals surface area contributed by atoms with Crippen LogP contribution in [0.1, 0.15) is 110 Å². The first-order valence-electron chi connectivity index (χ1n) is 19.4. The summed E-state index contributed by atoms with van der Waals surface area (Å²) in [7, 11) is 0. The maximum Gasteiger partial charge on any atom is 0.315 e. The Bertz CT molecular complexity index is 1380. The smallest absolute Gasteiger partial charge is 0.315 e. The average molecular weight is 813 g/mol. The lowest BCUT2D eigenvalue weighted by molar-refractivity contribution is -0.141. The van der Waals surface area contributed by atoms with Crippen molar-refractivity contribution in [3.05, 3.63) is 0 Å². The SMILES string of the molecule is CC(C)C(NC(=O)C(CCC(=O)O)NC(=O)CCCCCNC(=O)CCCCCNC(=O)CCCC[C@H]1SCC2NC(=O)NC21)C(=O)NC(CC(=O)O)C(N)=O. The third-order valence-corrected chi connectivity index (χ3v) is 11.0. The van der Waals surface area contributed by atoms with Crippen molar-refractivity contribution < 1.29 is 53.4 Å². The molecule has 6 atom stereocenters. The molecule has 56 heavy (non-hydrogen) atoms. The molecule has 0 radical (unpaired) electrons. The first-order valence-corrected chi connectivity index (χ1v) is 20.5. The van der Waals surface area contributed by atoms with E-state index in [9.17, 15) is 43.2 Å². The summed E-state index contributed by atoms with van der Waals surface area (Å²) in [4.78, 5) is 108. The Morgan fingerprint density at radius 2 is 1.30 bits per heavy atom. The monoisotopic (exact) mass is 812 g/mol. The fourth-order valence-electron chi connectivity index (χ4n) is 6.33.